The fourth-order valence-corrected chi connectivity index (χ4v) is 4.47. The van der Waals surface area contributed by atoms with Gasteiger partial charge in [0.15, 0.2) is 0 Å². The summed E-state index contributed by atoms with van der Waals surface area (Å²) in [5, 5.41) is 0. The number of pyridine rings is 1. The van der Waals surface area contributed by atoms with Crippen LogP contribution >= 0.6 is 0 Å². The molecule has 1 saturated heterocycles. The first-order valence-electron chi connectivity index (χ1n) is 8.44. The third-order valence-corrected chi connectivity index (χ3v) is 5.87. The second-order valence-corrected chi connectivity index (χ2v) is 7.98. The molecule has 3 rings (SSSR count). The maximum absolute atomic E-state index is 13.8. The van der Waals surface area contributed by atoms with Gasteiger partial charge in [0.25, 0.3) is 0 Å². The Kier molecular flexibility index (Phi) is 5.78. The Bertz CT molecular complexity index is 799. The molecule has 0 amide bonds. The average Bonchev–Trinajstić information content (AvgIpc) is 2.80. The summed E-state index contributed by atoms with van der Waals surface area (Å²) >= 11 is 0. The molecule has 1 aromatic carbocycles. The number of aromatic nitrogens is 1. The molecule has 0 radical (unpaired) electrons. The largest absolute Gasteiger partial charge is 0.296 e. The third kappa shape index (κ3) is 4.84. The molecule has 1 aliphatic rings. The number of nitrogens with one attached hydrogen (secondary N) is 1. The molecule has 1 N–H and O–H groups in total. The zero-order valence-electron chi connectivity index (χ0n) is 13.9. The summed E-state index contributed by atoms with van der Waals surface area (Å²) in [6, 6.07) is 11.0. The first-order chi connectivity index (χ1) is 12.0. The standard InChI is InChI=1S/C18H22FN3O2S/c19-17-9-1-2-10-18(17)25(23,24)21-16-8-4-6-12-22(14-16)13-15-7-3-5-11-20-15/h1-3,5,7,9-11,16,21H,4,6,8,12-14H2/t16-/m1/s1. The number of benzene rings is 1. The minimum Gasteiger partial charge on any atom is -0.296 e. The molecule has 134 valence electrons. The molecule has 7 heteroatoms. The fraction of sp³-hybridized carbons (Fsp3) is 0.389. The second kappa shape index (κ2) is 8.03. The second-order valence-electron chi connectivity index (χ2n) is 6.30. The van der Waals surface area contributed by atoms with Crippen LogP contribution in [0, 0.1) is 5.82 Å². The van der Waals surface area contributed by atoms with Crippen LogP contribution in [0.5, 0.6) is 0 Å². The van der Waals surface area contributed by atoms with E-state index in [9.17, 15) is 12.8 Å². The van der Waals surface area contributed by atoms with Crippen LogP contribution < -0.4 is 4.72 Å². The summed E-state index contributed by atoms with van der Waals surface area (Å²) in [6.45, 7) is 2.16. The van der Waals surface area contributed by atoms with E-state index in [0.717, 1.165) is 37.6 Å². The van der Waals surface area contributed by atoms with Crippen molar-refractivity contribution < 1.29 is 12.8 Å². The normalized spacial score (nSPS) is 19.5. The maximum Gasteiger partial charge on any atom is 0.243 e. The van der Waals surface area contributed by atoms with E-state index in [0.29, 0.717) is 13.1 Å². The van der Waals surface area contributed by atoms with E-state index in [4.69, 9.17) is 0 Å². The van der Waals surface area contributed by atoms with E-state index < -0.39 is 15.8 Å². The van der Waals surface area contributed by atoms with Gasteiger partial charge in [0, 0.05) is 25.3 Å². The molecule has 0 unspecified atom stereocenters. The topological polar surface area (TPSA) is 62.3 Å². The predicted molar refractivity (Wildman–Crippen MR) is 93.9 cm³/mol. The zero-order valence-corrected chi connectivity index (χ0v) is 14.8. The summed E-state index contributed by atoms with van der Waals surface area (Å²) in [6.07, 6.45) is 4.44. The summed E-state index contributed by atoms with van der Waals surface area (Å²) in [5.41, 5.74) is 0.958. The van der Waals surface area contributed by atoms with Crippen molar-refractivity contribution in [2.75, 3.05) is 13.1 Å². The molecular formula is C18H22FN3O2S. The van der Waals surface area contributed by atoms with E-state index in [2.05, 4.69) is 14.6 Å². The fourth-order valence-electron chi connectivity index (χ4n) is 3.13. The molecule has 1 aliphatic heterocycles. The van der Waals surface area contributed by atoms with Crippen LogP contribution in [0.2, 0.25) is 0 Å². The van der Waals surface area contributed by atoms with Crippen LogP contribution in [0.25, 0.3) is 0 Å². The predicted octanol–water partition coefficient (Wildman–Crippen LogP) is 2.55. The SMILES string of the molecule is O=S(=O)(N[C@@H]1CCCCN(Cc2ccccn2)C1)c1ccccc1F. The highest BCUT2D eigenvalue weighted by molar-refractivity contribution is 7.89. The summed E-state index contributed by atoms with van der Waals surface area (Å²) in [4.78, 5) is 6.23. The van der Waals surface area contributed by atoms with Crippen molar-refractivity contribution in [1.82, 2.24) is 14.6 Å². The number of halogens is 1. The van der Waals surface area contributed by atoms with E-state index >= 15 is 0 Å². The molecule has 0 bridgehead atoms. The minimum absolute atomic E-state index is 0.240. The van der Waals surface area contributed by atoms with Crippen LogP contribution in [-0.4, -0.2) is 37.4 Å². The lowest BCUT2D eigenvalue weighted by Gasteiger charge is -2.24. The van der Waals surface area contributed by atoms with Gasteiger partial charge in [-0.25, -0.2) is 17.5 Å². The van der Waals surface area contributed by atoms with Crippen molar-refractivity contribution in [1.29, 1.82) is 0 Å². The Morgan fingerprint density at radius 3 is 2.72 bits per heavy atom. The van der Waals surface area contributed by atoms with E-state index in [-0.39, 0.29) is 10.9 Å². The van der Waals surface area contributed by atoms with Gasteiger partial charge < -0.3 is 0 Å². The molecule has 25 heavy (non-hydrogen) atoms. The van der Waals surface area contributed by atoms with Crippen molar-refractivity contribution in [2.24, 2.45) is 0 Å². The summed E-state index contributed by atoms with van der Waals surface area (Å²) < 4.78 is 41.6. The Morgan fingerprint density at radius 1 is 1.16 bits per heavy atom. The summed E-state index contributed by atoms with van der Waals surface area (Å²) in [7, 11) is -3.87. The lowest BCUT2D eigenvalue weighted by Crippen LogP contribution is -2.42. The molecule has 0 saturated carbocycles. The van der Waals surface area contributed by atoms with Crippen molar-refractivity contribution >= 4 is 10.0 Å². The zero-order chi connectivity index (χ0) is 17.7. The van der Waals surface area contributed by atoms with Crippen LogP contribution in [-0.2, 0) is 16.6 Å². The molecular weight excluding hydrogens is 341 g/mol. The van der Waals surface area contributed by atoms with Crippen molar-refractivity contribution in [3.63, 3.8) is 0 Å². The number of likely N-dealkylation sites (tertiary alicyclic amines) is 1. The number of nitrogens with zero attached hydrogens (tertiary/aromatic N) is 2. The van der Waals surface area contributed by atoms with E-state index in [1.165, 1.54) is 18.2 Å². The number of sulfonamides is 1. The van der Waals surface area contributed by atoms with Gasteiger partial charge in [0.1, 0.15) is 10.7 Å². The smallest absolute Gasteiger partial charge is 0.243 e. The lowest BCUT2D eigenvalue weighted by molar-refractivity contribution is 0.257. The van der Waals surface area contributed by atoms with Gasteiger partial charge in [0.2, 0.25) is 10.0 Å². The highest BCUT2D eigenvalue weighted by Crippen LogP contribution is 2.18. The Hall–Kier alpha value is -1.83. The molecule has 2 aromatic rings. The molecule has 2 heterocycles. The molecule has 1 fully saturated rings. The molecule has 1 aromatic heterocycles. The van der Waals surface area contributed by atoms with E-state index in [1.807, 2.05) is 18.2 Å². The number of rotatable bonds is 5. The highest BCUT2D eigenvalue weighted by Gasteiger charge is 2.26. The van der Waals surface area contributed by atoms with Crippen LogP contribution in [0.4, 0.5) is 4.39 Å². The van der Waals surface area contributed by atoms with E-state index in [1.54, 1.807) is 6.20 Å². The quantitative estimate of drug-likeness (QED) is 0.887. The highest BCUT2D eigenvalue weighted by atomic mass is 32.2. The van der Waals surface area contributed by atoms with Gasteiger partial charge in [-0.05, 0) is 43.7 Å². The van der Waals surface area contributed by atoms with Gasteiger partial charge in [-0.1, -0.05) is 24.6 Å². The van der Waals surface area contributed by atoms with Crippen molar-refractivity contribution in [3.8, 4) is 0 Å². The molecule has 1 atom stereocenters. The van der Waals surface area contributed by atoms with Crippen LogP contribution in [0.1, 0.15) is 25.0 Å². The van der Waals surface area contributed by atoms with Crippen LogP contribution in [0.3, 0.4) is 0 Å². The number of hydrogen-bond acceptors (Lipinski definition) is 4. The average molecular weight is 363 g/mol. The van der Waals surface area contributed by atoms with Crippen molar-refractivity contribution in [3.05, 3.63) is 60.2 Å². The Morgan fingerprint density at radius 2 is 1.96 bits per heavy atom. The molecule has 0 aliphatic carbocycles. The Labute approximate surface area is 147 Å². The van der Waals surface area contributed by atoms with Gasteiger partial charge >= 0.3 is 0 Å². The van der Waals surface area contributed by atoms with Gasteiger partial charge in [0.05, 0.1) is 5.69 Å². The maximum atomic E-state index is 13.8. The Balaban J connectivity index is 1.70. The van der Waals surface area contributed by atoms with Gasteiger partial charge in [-0.3, -0.25) is 9.88 Å². The minimum atomic E-state index is -3.87. The first kappa shape index (κ1) is 18.0. The van der Waals surface area contributed by atoms with Crippen molar-refractivity contribution in [2.45, 2.75) is 36.7 Å². The molecule has 5 nitrogen and oxygen atoms in total. The monoisotopic (exact) mass is 363 g/mol. The summed E-state index contributed by atoms with van der Waals surface area (Å²) in [5.74, 6) is -0.728. The molecule has 0 spiro atoms. The lowest BCUT2D eigenvalue weighted by atomic mass is 10.2. The first-order valence-corrected chi connectivity index (χ1v) is 9.92. The van der Waals surface area contributed by atoms with Gasteiger partial charge in [-0.15, -0.1) is 0 Å². The third-order valence-electron chi connectivity index (χ3n) is 4.32. The van der Waals surface area contributed by atoms with Crippen LogP contribution in [0.15, 0.2) is 53.6 Å². The van der Waals surface area contributed by atoms with Gasteiger partial charge in [-0.2, -0.15) is 0 Å². The number of hydrogen-bond donors (Lipinski definition) is 1.